The van der Waals surface area contributed by atoms with Crippen molar-refractivity contribution in [3.05, 3.63) is 57.8 Å². The van der Waals surface area contributed by atoms with Gasteiger partial charge >= 0.3 is 0 Å². The highest BCUT2D eigenvalue weighted by Crippen LogP contribution is 2.40. The molecule has 1 atom stereocenters. The van der Waals surface area contributed by atoms with Gasteiger partial charge in [-0.15, -0.1) is 0 Å². The van der Waals surface area contributed by atoms with Crippen LogP contribution >= 0.6 is 11.3 Å². The van der Waals surface area contributed by atoms with Crippen molar-refractivity contribution in [3.8, 4) is 0 Å². The van der Waals surface area contributed by atoms with E-state index in [9.17, 15) is 4.79 Å². The van der Waals surface area contributed by atoms with Gasteiger partial charge in [0, 0.05) is 37.0 Å². The third kappa shape index (κ3) is 4.12. The SMILES string of the molecule is CC(C)c1ccc(CN2CCC[C@]3(CCN(C(=O)c4ccsc4)C3)C2)cc1. The maximum absolute atomic E-state index is 12.7. The van der Waals surface area contributed by atoms with Gasteiger partial charge in [0.1, 0.15) is 0 Å². The molecule has 0 radical (unpaired) electrons. The van der Waals surface area contributed by atoms with Crippen LogP contribution in [0.3, 0.4) is 0 Å². The molecule has 2 fully saturated rings. The molecule has 4 heteroatoms. The van der Waals surface area contributed by atoms with Crippen LogP contribution in [0.1, 0.15) is 60.5 Å². The molecule has 2 aliphatic rings. The Morgan fingerprint density at radius 3 is 2.63 bits per heavy atom. The molecule has 3 heterocycles. The molecule has 2 saturated heterocycles. The van der Waals surface area contributed by atoms with Crippen LogP contribution in [0.2, 0.25) is 0 Å². The van der Waals surface area contributed by atoms with Gasteiger partial charge in [0.15, 0.2) is 0 Å². The Bertz CT molecular complexity index is 768. The fourth-order valence-corrected chi connectivity index (χ4v) is 5.35. The lowest BCUT2D eigenvalue weighted by atomic mass is 9.79. The van der Waals surface area contributed by atoms with E-state index in [1.807, 2.05) is 16.8 Å². The minimum Gasteiger partial charge on any atom is -0.338 e. The summed E-state index contributed by atoms with van der Waals surface area (Å²) in [5.74, 6) is 0.803. The molecule has 0 unspecified atom stereocenters. The molecule has 2 aromatic rings. The Balaban J connectivity index is 1.38. The summed E-state index contributed by atoms with van der Waals surface area (Å²) in [4.78, 5) is 17.4. The van der Waals surface area contributed by atoms with Crippen LogP contribution < -0.4 is 0 Å². The van der Waals surface area contributed by atoms with Crippen molar-refractivity contribution >= 4 is 17.2 Å². The molecule has 0 N–H and O–H groups in total. The second-order valence-corrected chi connectivity index (χ2v) is 9.48. The Labute approximate surface area is 167 Å². The first-order valence-electron chi connectivity index (χ1n) is 10.2. The molecule has 144 valence electrons. The highest BCUT2D eigenvalue weighted by Gasteiger charge is 2.42. The van der Waals surface area contributed by atoms with E-state index in [4.69, 9.17) is 0 Å². The summed E-state index contributed by atoms with van der Waals surface area (Å²) < 4.78 is 0. The normalized spacial score (nSPS) is 23.4. The Morgan fingerprint density at radius 1 is 1.11 bits per heavy atom. The van der Waals surface area contributed by atoms with Gasteiger partial charge in [0.25, 0.3) is 5.91 Å². The van der Waals surface area contributed by atoms with Gasteiger partial charge in [-0.25, -0.2) is 0 Å². The molecule has 0 bridgehead atoms. The van der Waals surface area contributed by atoms with E-state index in [2.05, 4.69) is 47.9 Å². The zero-order chi connectivity index (χ0) is 18.9. The van der Waals surface area contributed by atoms with Gasteiger partial charge in [0.05, 0.1) is 5.56 Å². The molecule has 27 heavy (non-hydrogen) atoms. The van der Waals surface area contributed by atoms with Crippen molar-refractivity contribution in [1.29, 1.82) is 0 Å². The van der Waals surface area contributed by atoms with E-state index in [1.54, 1.807) is 11.3 Å². The topological polar surface area (TPSA) is 23.6 Å². The molecular weight excluding hydrogens is 352 g/mol. The first kappa shape index (κ1) is 18.7. The second kappa shape index (κ2) is 7.76. The smallest absolute Gasteiger partial charge is 0.254 e. The molecular formula is C23H30N2OS. The van der Waals surface area contributed by atoms with Crippen LogP contribution in [0, 0.1) is 5.41 Å². The highest BCUT2D eigenvalue weighted by atomic mass is 32.1. The standard InChI is InChI=1S/C23H30N2OS/c1-18(2)20-6-4-19(5-7-20)14-24-11-3-9-23(16-24)10-12-25(17-23)22(26)21-8-13-27-15-21/h4-8,13,15,18H,3,9-12,14,16-17H2,1-2H3/t23-/m0/s1. The molecule has 0 saturated carbocycles. The van der Waals surface area contributed by atoms with Gasteiger partial charge < -0.3 is 4.90 Å². The number of rotatable bonds is 4. The minimum absolute atomic E-state index is 0.217. The number of thiophene rings is 1. The molecule has 1 aromatic carbocycles. The van der Waals surface area contributed by atoms with Crippen LogP contribution in [0.4, 0.5) is 0 Å². The van der Waals surface area contributed by atoms with Gasteiger partial charge in [-0.2, -0.15) is 11.3 Å². The van der Waals surface area contributed by atoms with Crippen LogP contribution in [0.25, 0.3) is 0 Å². The molecule has 2 aliphatic heterocycles. The van der Waals surface area contributed by atoms with E-state index >= 15 is 0 Å². The third-order valence-electron chi connectivity index (χ3n) is 6.29. The zero-order valence-electron chi connectivity index (χ0n) is 16.5. The second-order valence-electron chi connectivity index (χ2n) is 8.70. The molecule has 3 nitrogen and oxygen atoms in total. The summed E-state index contributed by atoms with van der Waals surface area (Å²) >= 11 is 1.60. The summed E-state index contributed by atoms with van der Waals surface area (Å²) in [7, 11) is 0. The molecule has 1 aromatic heterocycles. The minimum atomic E-state index is 0.217. The third-order valence-corrected chi connectivity index (χ3v) is 6.97. The lowest BCUT2D eigenvalue weighted by Crippen LogP contribution is -2.45. The van der Waals surface area contributed by atoms with Crippen molar-refractivity contribution in [1.82, 2.24) is 9.80 Å². The predicted octanol–water partition coefficient (Wildman–Crippen LogP) is 5.00. The number of hydrogen-bond donors (Lipinski definition) is 0. The summed E-state index contributed by atoms with van der Waals surface area (Å²) in [5, 5.41) is 3.97. The lowest BCUT2D eigenvalue weighted by molar-refractivity contribution is 0.0676. The summed E-state index contributed by atoms with van der Waals surface area (Å²) in [6, 6.07) is 11.1. The van der Waals surface area contributed by atoms with Gasteiger partial charge in [0.2, 0.25) is 0 Å². The van der Waals surface area contributed by atoms with Gasteiger partial charge in [-0.1, -0.05) is 38.1 Å². The monoisotopic (exact) mass is 382 g/mol. The first-order valence-corrected chi connectivity index (χ1v) is 11.1. The quantitative estimate of drug-likeness (QED) is 0.743. The van der Waals surface area contributed by atoms with E-state index in [-0.39, 0.29) is 5.91 Å². The number of carbonyl (C=O) groups is 1. The molecule has 4 rings (SSSR count). The highest BCUT2D eigenvalue weighted by molar-refractivity contribution is 7.08. The Hall–Kier alpha value is -1.65. The Morgan fingerprint density at radius 2 is 1.93 bits per heavy atom. The number of hydrogen-bond acceptors (Lipinski definition) is 3. The van der Waals surface area contributed by atoms with Crippen molar-refractivity contribution in [2.24, 2.45) is 5.41 Å². The summed E-state index contributed by atoms with van der Waals surface area (Å²) in [5.41, 5.74) is 3.96. The van der Waals surface area contributed by atoms with Crippen LogP contribution in [-0.4, -0.2) is 41.9 Å². The first-order chi connectivity index (χ1) is 13.0. The zero-order valence-corrected chi connectivity index (χ0v) is 17.3. The van der Waals surface area contributed by atoms with Crippen LogP contribution in [0.15, 0.2) is 41.1 Å². The lowest BCUT2D eigenvalue weighted by Gasteiger charge is -2.40. The number of carbonyl (C=O) groups excluding carboxylic acids is 1. The van der Waals surface area contributed by atoms with Gasteiger partial charge in [-0.05, 0) is 54.3 Å². The fourth-order valence-electron chi connectivity index (χ4n) is 4.72. The molecule has 1 amide bonds. The maximum atomic E-state index is 12.7. The number of nitrogens with zero attached hydrogens (tertiary/aromatic N) is 2. The number of amides is 1. The average molecular weight is 383 g/mol. The molecule has 1 spiro atoms. The predicted molar refractivity (Wildman–Crippen MR) is 112 cm³/mol. The maximum Gasteiger partial charge on any atom is 0.254 e. The average Bonchev–Trinajstić information content (AvgIpc) is 3.32. The summed E-state index contributed by atoms with van der Waals surface area (Å²) in [6.07, 6.45) is 3.64. The van der Waals surface area contributed by atoms with Crippen molar-refractivity contribution < 1.29 is 4.79 Å². The Kier molecular flexibility index (Phi) is 5.38. The van der Waals surface area contributed by atoms with E-state index in [0.29, 0.717) is 11.3 Å². The van der Waals surface area contributed by atoms with E-state index in [0.717, 1.165) is 38.2 Å². The van der Waals surface area contributed by atoms with E-state index in [1.165, 1.54) is 30.5 Å². The molecule has 0 aliphatic carbocycles. The number of piperidine rings is 1. The number of benzene rings is 1. The van der Waals surface area contributed by atoms with E-state index < -0.39 is 0 Å². The van der Waals surface area contributed by atoms with Crippen LogP contribution in [-0.2, 0) is 6.54 Å². The summed E-state index contributed by atoms with van der Waals surface area (Å²) in [6.45, 7) is 9.63. The fraction of sp³-hybridized carbons (Fsp3) is 0.522. The van der Waals surface area contributed by atoms with Crippen molar-refractivity contribution in [2.45, 2.75) is 45.6 Å². The van der Waals surface area contributed by atoms with Gasteiger partial charge in [-0.3, -0.25) is 9.69 Å². The number of likely N-dealkylation sites (tertiary alicyclic amines) is 2. The van der Waals surface area contributed by atoms with Crippen molar-refractivity contribution in [3.63, 3.8) is 0 Å². The largest absolute Gasteiger partial charge is 0.338 e. The van der Waals surface area contributed by atoms with Crippen LogP contribution in [0.5, 0.6) is 0 Å². The van der Waals surface area contributed by atoms with Crippen molar-refractivity contribution in [2.75, 3.05) is 26.2 Å².